The van der Waals surface area contributed by atoms with Crippen molar-refractivity contribution < 1.29 is 18.0 Å². The normalized spacial score (nSPS) is 19.6. The lowest BCUT2D eigenvalue weighted by atomic mass is 9.99. The van der Waals surface area contributed by atoms with E-state index in [0.29, 0.717) is 11.3 Å². The van der Waals surface area contributed by atoms with E-state index in [2.05, 4.69) is 10.3 Å². The van der Waals surface area contributed by atoms with E-state index >= 15 is 0 Å². The number of nitrogens with zero attached hydrogens (tertiary/aromatic N) is 2. The molecule has 25 heavy (non-hydrogen) atoms. The Morgan fingerprint density at radius 2 is 1.56 bits per heavy atom. The predicted octanol–water partition coefficient (Wildman–Crippen LogP) is 3.56. The van der Waals surface area contributed by atoms with Crippen molar-refractivity contribution in [3.05, 3.63) is 78.2 Å². The first kappa shape index (κ1) is 15.4. The fourth-order valence-corrected chi connectivity index (χ4v) is 3.09. The molecule has 1 amide bonds. The molecule has 0 bridgehead atoms. The molecule has 0 saturated heterocycles. The van der Waals surface area contributed by atoms with E-state index < -0.39 is 17.7 Å². The van der Waals surface area contributed by atoms with Gasteiger partial charge in [0.05, 0.1) is 5.69 Å². The molecule has 1 unspecified atom stereocenters. The van der Waals surface area contributed by atoms with Crippen LogP contribution in [0.5, 0.6) is 0 Å². The van der Waals surface area contributed by atoms with Crippen LogP contribution in [0.1, 0.15) is 16.2 Å². The van der Waals surface area contributed by atoms with Crippen LogP contribution >= 0.6 is 0 Å². The smallest absolute Gasteiger partial charge is 0.315 e. The number of hydrogen-bond acceptors (Lipinski definition) is 2. The largest absolute Gasteiger partial charge is 0.435 e. The maximum absolute atomic E-state index is 14.1. The van der Waals surface area contributed by atoms with Crippen molar-refractivity contribution in [3.63, 3.8) is 0 Å². The summed E-state index contributed by atoms with van der Waals surface area (Å²) >= 11 is 0. The van der Waals surface area contributed by atoms with Crippen LogP contribution < -0.4 is 5.32 Å². The van der Waals surface area contributed by atoms with Crippen LogP contribution in [0.2, 0.25) is 0 Å². The Bertz CT molecular complexity index is 935. The van der Waals surface area contributed by atoms with E-state index in [0.717, 1.165) is 4.57 Å². The first-order valence-electron chi connectivity index (χ1n) is 7.53. The highest BCUT2D eigenvalue weighted by atomic mass is 19.4. The molecule has 0 spiro atoms. The number of amides is 1. The molecule has 0 fully saturated rings. The van der Waals surface area contributed by atoms with Crippen molar-refractivity contribution in [1.82, 2.24) is 14.9 Å². The van der Waals surface area contributed by atoms with Gasteiger partial charge in [0.1, 0.15) is 0 Å². The number of nitrogens with one attached hydrogen (secondary N) is 1. The van der Waals surface area contributed by atoms with Crippen molar-refractivity contribution in [2.45, 2.75) is 11.8 Å². The van der Waals surface area contributed by atoms with Crippen LogP contribution in [0.25, 0.3) is 11.3 Å². The zero-order valence-electron chi connectivity index (χ0n) is 12.8. The van der Waals surface area contributed by atoms with Crippen LogP contribution in [0, 0.1) is 0 Å². The topological polar surface area (TPSA) is 46.9 Å². The fraction of sp³-hybridized carbons (Fsp3) is 0.111. The van der Waals surface area contributed by atoms with Crippen molar-refractivity contribution in [2.75, 3.05) is 0 Å². The van der Waals surface area contributed by atoms with E-state index in [1.165, 1.54) is 30.5 Å². The van der Waals surface area contributed by atoms with Gasteiger partial charge in [0, 0.05) is 17.3 Å². The molecule has 7 heteroatoms. The minimum atomic E-state index is -4.75. The average molecular weight is 343 g/mol. The molecule has 1 atom stereocenters. The van der Waals surface area contributed by atoms with Gasteiger partial charge in [-0.2, -0.15) is 13.2 Å². The zero-order valence-corrected chi connectivity index (χ0v) is 12.8. The van der Waals surface area contributed by atoms with Crippen LogP contribution in [0.15, 0.2) is 66.9 Å². The summed E-state index contributed by atoms with van der Waals surface area (Å²) < 4.78 is 43.2. The monoisotopic (exact) mass is 343 g/mol. The van der Waals surface area contributed by atoms with Crippen LogP contribution in [-0.2, 0) is 5.66 Å². The number of rotatable bonds is 2. The Morgan fingerprint density at radius 1 is 0.960 bits per heavy atom. The van der Waals surface area contributed by atoms with Gasteiger partial charge in [-0.15, -0.1) is 0 Å². The average Bonchev–Trinajstić information content (AvgIpc) is 3.16. The number of hydrogen-bond donors (Lipinski definition) is 1. The van der Waals surface area contributed by atoms with Gasteiger partial charge in [-0.25, -0.2) is 4.98 Å². The molecule has 0 aliphatic carbocycles. The maximum atomic E-state index is 14.1. The lowest BCUT2D eigenvalue weighted by Crippen LogP contribution is -2.55. The molecular weight excluding hydrogens is 331 g/mol. The Labute approximate surface area is 140 Å². The molecular formula is C18H12F3N3O. The quantitative estimate of drug-likeness (QED) is 0.773. The van der Waals surface area contributed by atoms with Crippen molar-refractivity contribution in [2.24, 2.45) is 0 Å². The molecule has 0 radical (unpaired) electrons. The van der Waals surface area contributed by atoms with Crippen LogP contribution in [0.3, 0.4) is 0 Å². The molecule has 2 heterocycles. The molecule has 1 N–H and O–H groups in total. The third-order valence-electron chi connectivity index (χ3n) is 4.24. The molecule has 4 nitrogen and oxygen atoms in total. The number of imidazole rings is 1. The molecule has 3 aromatic rings. The van der Waals surface area contributed by atoms with Crippen LogP contribution in [-0.4, -0.2) is 21.6 Å². The lowest BCUT2D eigenvalue weighted by Gasteiger charge is -2.33. The highest BCUT2D eigenvalue weighted by Crippen LogP contribution is 2.44. The van der Waals surface area contributed by atoms with Gasteiger partial charge < -0.3 is 5.32 Å². The summed E-state index contributed by atoms with van der Waals surface area (Å²) in [6.45, 7) is 0. The second-order valence-corrected chi connectivity index (χ2v) is 5.71. The minimum Gasteiger partial charge on any atom is -0.315 e. The Morgan fingerprint density at radius 3 is 2.16 bits per heavy atom. The number of benzene rings is 2. The SMILES string of the molecule is O=C1NC(c2ccccc2)(C(F)(F)F)n2cc(-c3ccccc3)nc21. The van der Waals surface area contributed by atoms with E-state index in [1.807, 2.05) is 0 Å². The molecule has 2 aromatic carbocycles. The molecule has 1 aromatic heterocycles. The Balaban J connectivity index is 1.96. The summed E-state index contributed by atoms with van der Waals surface area (Å²) in [6.07, 6.45) is -3.48. The fourth-order valence-electron chi connectivity index (χ4n) is 3.09. The van der Waals surface area contributed by atoms with E-state index in [4.69, 9.17) is 0 Å². The van der Waals surface area contributed by atoms with Crippen molar-refractivity contribution >= 4 is 5.91 Å². The summed E-state index contributed by atoms with van der Waals surface area (Å²) in [5.41, 5.74) is -1.79. The number of fused-ring (bicyclic) bond motifs is 1. The maximum Gasteiger partial charge on any atom is 0.435 e. The molecule has 126 valence electrons. The summed E-state index contributed by atoms with van der Waals surface area (Å²) in [5, 5.41) is 2.08. The van der Waals surface area contributed by atoms with Gasteiger partial charge in [0.25, 0.3) is 5.91 Å². The number of halogens is 3. The third kappa shape index (κ3) is 2.15. The van der Waals surface area contributed by atoms with Gasteiger partial charge in [-0.3, -0.25) is 9.36 Å². The molecule has 4 rings (SSSR count). The zero-order chi connectivity index (χ0) is 17.7. The van der Waals surface area contributed by atoms with E-state index in [9.17, 15) is 18.0 Å². The number of carbonyl (C=O) groups is 1. The van der Waals surface area contributed by atoms with Crippen molar-refractivity contribution in [1.29, 1.82) is 0 Å². The highest BCUT2D eigenvalue weighted by Gasteiger charge is 2.63. The van der Waals surface area contributed by atoms with Crippen LogP contribution in [0.4, 0.5) is 13.2 Å². The van der Waals surface area contributed by atoms with E-state index in [1.54, 1.807) is 36.4 Å². The second kappa shape index (κ2) is 5.20. The number of alkyl halides is 3. The number of aromatic nitrogens is 2. The standard InChI is InChI=1S/C18H12F3N3O/c19-18(20,21)17(13-9-5-2-6-10-13)23-16(25)15-22-14(11-24(15)17)12-7-3-1-4-8-12/h1-11H,(H,23,25). The van der Waals surface area contributed by atoms with Gasteiger partial charge in [-0.1, -0.05) is 60.7 Å². The first-order chi connectivity index (χ1) is 11.9. The molecule has 0 saturated carbocycles. The van der Waals surface area contributed by atoms with Gasteiger partial charge in [-0.05, 0) is 0 Å². The summed E-state index contributed by atoms with van der Waals surface area (Å²) in [7, 11) is 0. The third-order valence-corrected chi connectivity index (χ3v) is 4.24. The minimum absolute atomic E-state index is 0.0772. The van der Waals surface area contributed by atoms with Gasteiger partial charge in [0.15, 0.2) is 0 Å². The van der Waals surface area contributed by atoms with Gasteiger partial charge in [0.2, 0.25) is 11.5 Å². The lowest BCUT2D eigenvalue weighted by molar-refractivity contribution is -0.203. The van der Waals surface area contributed by atoms with E-state index in [-0.39, 0.29) is 11.4 Å². The summed E-state index contributed by atoms with van der Waals surface area (Å²) in [4.78, 5) is 16.4. The Hall–Kier alpha value is -3.09. The summed E-state index contributed by atoms with van der Waals surface area (Å²) in [5.74, 6) is -1.12. The Kier molecular flexibility index (Phi) is 3.21. The summed E-state index contributed by atoms with van der Waals surface area (Å²) in [6, 6.07) is 16.1. The van der Waals surface area contributed by atoms with Gasteiger partial charge >= 0.3 is 6.18 Å². The number of carbonyl (C=O) groups excluding carboxylic acids is 1. The highest BCUT2D eigenvalue weighted by molar-refractivity contribution is 5.95. The molecule has 1 aliphatic rings. The van der Waals surface area contributed by atoms with Crippen molar-refractivity contribution in [3.8, 4) is 11.3 Å². The second-order valence-electron chi connectivity index (χ2n) is 5.71. The predicted molar refractivity (Wildman–Crippen MR) is 84.7 cm³/mol. The molecule has 1 aliphatic heterocycles. The first-order valence-corrected chi connectivity index (χ1v) is 7.53.